The molecule has 0 amide bonds. The molecule has 0 fully saturated rings. The Morgan fingerprint density at radius 2 is 1.81 bits per heavy atom. The maximum Gasteiger partial charge on any atom is 0.186 e. The maximum atomic E-state index is 11.8. The molecule has 0 spiro atoms. The van der Waals surface area contributed by atoms with Gasteiger partial charge in [-0.3, -0.25) is 4.79 Å². The highest BCUT2D eigenvalue weighted by atomic mass is 35.5. The third kappa shape index (κ3) is 4.63. The highest BCUT2D eigenvalue weighted by Gasteiger charge is 2.13. The molecule has 0 bridgehead atoms. The van der Waals surface area contributed by atoms with E-state index in [0.29, 0.717) is 17.0 Å². The van der Waals surface area contributed by atoms with Gasteiger partial charge in [-0.1, -0.05) is 62.7 Å². The van der Waals surface area contributed by atoms with E-state index < -0.39 is 0 Å². The third-order valence-electron chi connectivity index (χ3n) is 2.05. The largest absolute Gasteiger partial charge is 0.289 e. The molecule has 0 aliphatic heterocycles. The van der Waals surface area contributed by atoms with E-state index in [1.165, 1.54) is 6.08 Å². The molecule has 0 aliphatic carbocycles. The fourth-order valence-electron chi connectivity index (χ4n) is 1.39. The fourth-order valence-corrected chi connectivity index (χ4v) is 1.89. The lowest BCUT2D eigenvalue weighted by molar-refractivity contribution is 0.104. The minimum atomic E-state index is -0.0325. The van der Waals surface area contributed by atoms with Crippen LogP contribution in [0.4, 0.5) is 0 Å². The van der Waals surface area contributed by atoms with Gasteiger partial charge in [-0.2, -0.15) is 0 Å². The maximum absolute atomic E-state index is 11.8. The molecule has 2 heteroatoms. The number of halogens is 1. The normalized spacial score (nSPS) is 12.6. The highest BCUT2D eigenvalue weighted by molar-refractivity contribution is 6.31. The van der Waals surface area contributed by atoms with Gasteiger partial charge in [0.1, 0.15) is 0 Å². The Balaban J connectivity index is 2.74. The van der Waals surface area contributed by atoms with Gasteiger partial charge in [-0.05, 0) is 11.8 Å². The minimum Gasteiger partial charge on any atom is -0.289 e. The summed E-state index contributed by atoms with van der Waals surface area (Å²) in [6.07, 6.45) is 2.23. The SMILES string of the molecule is CC(C)(C)C/C(Cl)=C\C(=O)c1ccccc1. The van der Waals surface area contributed by atoms with Gasteiger partial charge in [0.25, 0.3) is 0 Å². The third-order valence-corrected chi connectivity index (χ3v) is 2.29. The van der Waals surface area contributed by atoms with E-state index in [0.717, 1.165) is 0 Å². The van der Waals surface area contributed by atoms with Crippen LogP contribution in [0.15, 0.2) is 41.4 Å². The summed E-state index contributed by atoms with van der Waals surface area (Å²) < 4.78 is 0. The average Bonchev–Trinajstić information content (AvgIpc) is 2.16. The van der Waals surface area contributed by atoms with Crippen molar-refractivity contribution in [2.75, 3.05) is 0 Å². The summed E-state index contributed by atoms with van der Waals surface area (Å²) in [6.45, 7) is 6.28. The molecule has 1 nitrogen and oxygen atoms in total. The Kier molecular flexibility index (Phi) is 4.31. The monoisotopic (exact) mass is 236 g/mol. The molecule has 1 rings (SSSR count). The fraction of sp³-hybridized carbons (Fsp3) is 0.357. The molecule has 0 saturated carbocycles. The van der Waals surface area contributed by atoms with Crippen molar-refractivity contribution in [2.24, 2.45) is 5.41 Å². The van der Waals surface area contributed by atoms with Gasteiger partial charge in [0, 0.05) is 16.7 Å². The van der Waals surface area contributed by atoms with Crippen LogP contribution in [0, 0.1) is 5.41 Å². The number of allylic oxidation sites excluding steroid dienone is 2. The number of ketones is 1. The first-order valence-corrected chi connectivity index (χ1v) is 5.72. The van der Waals surface area contributed by atoms with Crippen LogP contribution in [0.1, 0.15) is 37.6 Å². The lowest BCUT2D eigenvalue weighted by Crippen LogP contribution is -2.05. The molecular weight excluding hydrogens is 220 g/mol. The predicted octanol–water partition coefficient (Wildman–Crippen LogP) is 4.43. The summed E-state index contributed by atoms with van der Waals surface area (Å²) in [7, 11) is 0. The second-order valence-electron chi connectivity index (χ2n) is 5.06. The van der Waals surface area contributed by atoms with Gasteiger partial charge in [-0.15, -0.1) is 0 Å². The number of benzene rings is 1. The van der Waals surface area contributed by atoms with E-state index in [2.05, 4.69) is 20.8 Å². The van der Waals surface area contributed by atoms with Gasteiger partial charge >= 0.3 is 0 Å². The first-order valence-electron chi connectivity index (χ1n) is 5.34. The summed E-state index contributed by atoms with van der Waals surface area (Å²) in [4.78, 5) is 11.8. The zero-order valence-corrected chi connectivity index (χ0v) is 10.7. The molecule has 0 aliphatic rings. The molecule has 0 N–H and O–H groups in total. The average molecular weight is 237 g/mol. The van der Waals surface area contributed by atoms with Crippen molar-refractivity contribution in [2.45, 2.75) is 27.2 Å². The first kappa shape index (κ1) is 13.0. The number of carbonyl (C=O) groups is 1. The second-order valence-corrected chi connectivity index (χ2v) is 5.54. The lowest BCUT2D eigenvalue weighted by Gasteiger charge is -2.16. The Morgan fingerprint density at radius 3 is 2.31 bits per heavy atom. The zero-order chi connectivity index (χ0) is 12.2. The van der Waals surface area contributed by atoms with Crippen LogP contribution in [0.3, 0.4) is 0 Å². The molecule has 0 aromatic heterocycles. The molecule has 1 aromatic carbocycles. The van der Waals surface area contributed by atoms with Crippen molar-refractivity contribution in [1.82, 2.24) is 0 Å². The molecule has 0 saturated heterocycles. The van der Waals surface area contributed by atoms with E-state index >= 15 is 0 Å². The molecule has 0 unspecified atom stereocenters. The van der Waals surface area contributed by atoms with Gasteiger partial charge in [0.15, 0.2) is 5.78 Å². The Hall–Kier alpha value is -1.08. The summed E-state index contributed by atoms with van der Waals surface area (Å²) in [6, 6.07) is 9.16. The summed E-state index contributed by atoms with van der Waals surface area (Å²) >= 11 is 6.05. The smallest absolute Gasteiger partial charge is 0.186 e. The van der Waals surface area contributed by atoms with Crippen LogP contribution in [0.2, 0.25) is 0 Å². The van der Waals surface area contributed by atoms with Crippen molar-refractivity contribution in [3.05, 3.63) is 47.0 Å². The van der Waals surface area contributed by atoms with Gasteiger partial charge in [-0.25, -0.2) is 0 Å². The van der Waals surface area contributed by atoms with E-state index in [1.54, 1.807) is 12.1 Å². The van der Waals surface area contributed by atoms with E-state index in [9.17, 15) is 4.79 Å². The standard InChI is InChI=1S/C14H17ClO/c1-14(2,3)10-12(15)9-13(16)11-7-5-4-6-8-11/h4-9H,10H2,1-3H3/b12-9+. The molecule has 86 valence electrons. The Labute approximate surface area is 102 Å². The van der Waals surface area contributed by atoms with Crippen LogP contribution in [0.25, 0.3) is 0 Å². The van der Waals surface area contributed by atoms with Crippen molar-refractivity contribution in [1.29, 1.82) is 0 Å². The molecule has 0 radical (unpaired) electrons. The quantitative estimate of drug-likeness (QED) is 0.561. The van der Waals surface area contributed by atoms with Gasteiger partial charge in [0.05, 0.1) is 0 Å². The van der Waals surface area contributed by atoms with Crippen molar-refractivity contribution in [3.8, 4) is 0 Å². The summed E-state index contributed by atoms with van der Waals surface area (Å²) in [5.74, 6) is -0.0325. The van der Waals surface area contributed by atoms with Crippen LogP contribution in [0.5, 0.6) is 0 Å². The predicted molar refractivity (Wildman–Crippen MR) is 68.8 cm³/mol. The molecule has 16 heavy (non-hydrogen) atoms. The Bertz CT molecular complexity index is 385. The van der Waals surface area contributed by atoms with E-state index in [4.69, 9.17) is 11.6 Å². The number of hydrogen-bond acceptors (Lipinski definition) is 1. The first-order chi connectivity index (χ1) is 7.38. The molecule has 0 atom stereocenters. The Morgan fingerprint density at radius 1 is 1.25 bits per heavy atom. The minimum absolute atomic E-state index is 0.0325. The number of rotatable bonds is 3. The topological polar surface area (TPSA) is 17.1 Å². The van der Waals surface area contributed by atoms with Crippen molar-refractivity contribution < 1.29 is 4.79 Å². The van der Waals surface area contributed by atoms with E-state index in [1.807, 2.05) is 18.2 Å². The van der Waals surface area contributed by atoms with Crippen molar-refractivity contribution in [3.63, 3.8) is 0 Å². The summed E-state index contributed by atoms with van der Waals surface area (Å²) in [5.41, 5.74) is 0.777. The van der Waals surface area contributed by atoms with E-state index in [-0.39, 0.29) is 11.2 Å². The van der Waals surface area contributed by atoms with Crippen LogP contribution >= 0.6 is 11.6 Å². The second kappa shape index (κ2) is 5.31. The van der Waals surface area contributed by atoms with Crippen LogP contribution in [-0.4, -0.2) is 5.78 Å². The molecule has 1 aromatic rings. The molecular formula is C14H17ClO. The number of carbonyl (C=O) groups excluding carboxylic acids is 1. The zero-order valence-electron chi connectivity index (χ0n) is 9.96. The van der Waals surface area contributed by atoms with Gasteiger partial charge in [0.2, 0.25) is 0 Å². The summed E-state index contributed by atoms with van der Waals surface area (Å²) in [5, 5.41) is 0.612. The van der Waals surface area contributed by atoms with Crippen LogP contribution < -0.4 is 0 Å². The van der Waals surface area contributed by atoms with Crippen molar-refractivity contribution >= 4 is 17.4 Å². The van der Waals surface area contributed by atoms with Crippen LogP contribution in [-0.2, 0) is 0 Å². The number of hydrogen-bond donors (Lipinski definition) is 0. The van der Waals surface area contributed by atoms with Gasteiger partial charge < -0.3 is 0 Å². The lowest BCUT2D eigenvalue weighted by atomic mass is 9.91. The highest BCUT2D eigenvalue weighted by Crippen LogP contribution is 2.26. The molecule has 0 heterocycles.